The highest BCUT2D eigenvalue weighted by atomic mass is 127. The molecule has 0 aliphatic carbocycles. The van der Waals surface area contributed by atoms with E-state index in [1.165, 1.54) is 14.7 Å². The lowest BCUT2D eigenvalue weighted by atomic mass is 9.91. The van der Waals surface area contributed by atoms with Gasteiger partial charge in [-0.2, -0.15) is 0 Å². The standard InChI is InChI=1S/C12H16INO/c1-12(2,15)9-5-8-3-4-14-7-10(8)11(13)6-9/h5-6,14-15H,3-4,7H2,1-2H3. The van der Waals surface area contributed by atoms with Crippen molar-refractivity contribution in [3.05, 3.63) is 32.4 Å². The minimum Gasteiger partial charge on any atom is -0.386 e. The van der Waals surface area contributed by atoms with Gasteiger partial charge in [0.2, 0.25) is 0 Å². The van der Waals surface area contributed by atoms with Crippen LogP contribution in [0.25, 0.3) is 0 Å². The Labute approximate surface area is 104 Å². The van der Waals surface area contributed by atoms with Gasteiger partial charge in [0, 0.05) is 10.1 Å². The van der Waals surface area contributed by atoms with Gasteiger partial charge < -0.3 is 10.4 Å². The summed E-state index contributed by atoms with van der Waals surface area (Å²) >= 11 is 2.36. The first-order valence-corrected chi connectivity index (χ1v) is 6.31. The third-order valence-corrected chi connectivity index (χ3v) is 3.83. The Kier molecular flexibility index (Phi) is 3.05. The summed E-state index contributed by atoms with van der Waals surface area (Å²) in [5.41, 5.74) is 3.07. The Balaban J connectivity index is 2.50. The minimum atomic E-state index is -0.736. The number of halogens is 1. The highest BCUT2D eigenvalue weighted by molar-refractivity contribution is 14.1. The quantitative estimate of drug-likeness (QED) is 0.778. The molecule has 0 fully saturated rings. The second-order valence-electron chi connectivity index (χ2n) is 4.58. The second kappa shape index (κ2) is 4.03. The number of nitrogens with one attached hydrogen (secondary N) is 1. The summed E-state index contributed by atoms with van der Waals surface area (Å²) in [4.78, 5) is 0. The number of hydrogen-bond acceptors (Lipinski definition) is 2. The maximum atomic E-state index is 10.00. The molecular weight excluding hydrogens is 301 g/mol. The van der Waals surface area contributed by atoms with Gasteiger partial charge in [0.15, 0.2) is 0 Å². The summed E-state index contributed by atoms with van der Waals surface area (Å²) in [7, 11) is 0. The Bertz CT molecular complexity index is 382. The van der Waals surface area contributed by atoms with Crippen molar-refractivity contribution < 1.29 is 5.11 Å². The van der Waals surface area contributed by atoms with Crippen molar-refractivity contribution in [1.29, 1.82) is 0 Å². The van der Waals surface area contributed by atoms with Crippen LogP contribution < -0.4 is 5.32 Å². The zero-order valence-corrected chi connectivity index (χ0v) is 11.3. The SMILES string of the molecule is CC(C)(O)c1cc(I)c2c(c1)CCNC2. The molecule has 1 aromatic carbocycles. The number of aliphatic hydroxyl groups is 1. The Morgan fingerprint density at radius 2 is 2.13 bits per heavy atom. The molecule has 0 atom stereocenters. The molecule has 0 bridgehead atoms. The molecular formula is C12H16INO. The topological polar surface area (TPSA) is 32.3 Å². The summed E-state index contributed by atoms with van der Waals surface area (Å²) in [6.45, 7) is 5.68. The van der Waals surface area contributed by atoms with Gasteiger partial charge >= 0.3 is 0 Å². The molecule has 0 radical (unpaired) electrons. The van der Waals surface area contributed by atoms with E-state index in [4.69, 9.17) is 0 Å². The molecule has 3 heteroatoms. The lowest BCUT2D eigenvalue weighted by Crippen LogP contribution is -2.26. The maximum absolute atomic E-state index is 10.00. The van der Waals surface area contributed by atoms with E-state index in [0.717, 1.165) is 25.1 Å². The normalized spacial score (nSPS) is 16.3. The molecule has 82 valence electrons. The third-order valence-electron chi connectivity index (χ3n) is 2.87. The van der Waals surface area contributed by atoms with Crippen LogP contribution in [0, 0.1) is 3.57 Å². The van der Waals surface area contributed by atoms with Crippen molar-refractivity contribution in [2.24, 2.45) is 0 Å². The molecule has 0 amide bonds. The fourth-order valence-electron chi connectivity index (χ4n) is 1.90. The van der Waals surface area contributed by atoms with E-state index in [1.54, 1.807) is 0 Å². The van der Waals surface area contributed by atoms with Crippen molar-refractivity contribution in [1.82, 2.24) is 5.32 Å². The van der Waals surface area contributed by atoms with Crippen LogP contribution >= 0.6 is 22.6 Å². The summed E-state index contributed by atoms with van der Waals surface area (Å²) < 4.78 is 1.26. The average molecular weight is 317 g/mol. The van der Waals surface area contributed by atoms with Gasteiger partial charge in [0.05, 0.1) is 5.60 Å². The van der Waals surface area contributed by atoms with Crippen molar-refractivity contribution in [3.63, 3.8) is 0 Å². The predicted molar refractivity (Wildman–Crippen MR) is 69.8 cm³/mol. The number of fused-ring (bicyclic) bond motifs is 1. The van der Waals surface area contributed by atoms with Crippen molar-refractivity contribution >= 4 is 22.6 Å². The zero-order chi connectivity index (χ0) is 11.1. The molecule has 15 heavy (non-hydrogen) atoms. The van der Waals surface area contributed by atoms with Crippen LogP contribution in [-0.4, -0.2) is 11.7 Å². The first-order chi connectivity index (χ1) is 6.98. The summed E-state index contributed by atoms with van der Waals surface area (Å²) in [5, 5.41) is 13.4. The van der Waals surface area contributed by atoms with E-state index in [9.17, 15) is 5.11 Å². The third kappa shape index (κ3) is 2.34. The van der Waals surface area contributed by atoms with E-state index >= 15 is 0 Å². The monoisotopic (exact) mass is 317 g/mol. The number of hydrogen-bond donors (Lipinski definition) is 2. The lowest BCUT2D eigenvalue weighted by molar-refractivity contribution is 0.0784. The molecule has 0 saturated heterocycles. The number of rotatable bonds is 1. The van der Waals surface area contributed by atoms with Crippen LogP contribution in [-0.2, 0) is 18.6 Å². The Hall–Kier alpha value is -0.130. The summed E-state index contributed by atoms with van der Waals surface area (Å²) in [6.07, 6.45) is 1.06. The van der Waals surface area contributed by atoms with E-state index < -0.39 is 5.60 Å². The molecule has 1 aromatic rings. The molecule has 1 aliphatic rings. The molecule has 2 rings (SSSR count). The van der Waals surface area contributed by atoms with Gasteiger partial charge in [-0.15, -0.1) is 0 Å². The van der Waals surface area contributed by atoms with Gasteiger partial charge in [-0.1, -0.05) is 6.07 Å². The van der Waals surface area contributed by atoms with Crippen molar-refractivity contribution in [2.75, 3.05) is 6.54 Å². The van der Waals surface area contributed by atoms with Crippen LogP contribution in [0.3, 0.4) is 0 Å². The van der Waals surface area contributed by atoms with Gasteiger partial charge in [-0.3, -0.25) is 0 Å². The first kappa shape index (κ1) is 11.4. The van der Waals surface area contributed by atoms with Gasteiger partial charge in [-0.25, -0.2) is 0 Å². The molecule has 0 spiro atoms. The number of benzene rings is 1. The minimum absolute atomic E-state index is 0.736. The molecule has 1 aliphatic heterocycles. The van der Waals surface area contributed by atoms with Crippen LogP contribution in [0.2, 0.25) is 0 Å². The molecule has 2 N–H and O–H groups in total. The van der Waals surface area contributed by atoms with Gasteiger partial charge in [0.25, 0.3) is 0 Å². The zero-order valence-electron chi connectivity index (χ0n) is 9.10. The molecule has 0 saturated carbocycles. The Morgan fingerprint density at radius 1 is 1.40 bits per heavy atom. The smallest absolute Gasteiger partial charge is 0.0841 e. The molecule has 2 nitrogen and oxygen atoms in total. The fraction of sp³-hybridized carbons (Fsp3) is 0.500. The van der Waals surface area contributed by atoms with Crippen LogP contribution in [0.4, 0.5) is 0 Å². The largest absolute Gasteiger partial charge is 0.386 e. The summed E-state index contributed by atoms with van der Waals surface area (Å²) in [5.74, 6) is 0. The first-order valence-electron chi connectivity index (χ1n) is 5.23. The second-order valence-corrected chi connectivity index (χ2v) is 5.74. The maximum Gasteiger partial charge on any atom is 0.0841 e. The fourth-order valence-corrected chi connectivity index (χ4v) is 2.78. The van der Waals surface area contributed by atoms with Gasteiger partial charge in [-0.05, 0) is 72.2 Å². The Morgan fingerprint density at radius 3 is 2.80 bits per heavy atom. The van der Waals surface area contributed by atoms with E-state index in [-0.39, 0.29) is 0 Å². The van der Waals surface area contributed by atoms with E-state index in [2.05, 4.69) is 40.0 Å². The molecule has 1 heterocycles. The highest BCUT2D eigenvalue weighted by Crippen LogP contribution is 2.28. The molecule has 0 unspecified atom stereocenters. The predicted octanol–water partition coefficient (Wildman–Crippen LogP) is 2.16. The van der Waals surface area contributed by atoms with Crippen LogP contribution in [0.15, 0.2) is 12.1 Å². The molecule has 0 aromatic heterocycles. The van der Waals surface area contributed by atoms with Crippen LogP contribution in [0.5, 0.6) is 0 Å². The van der Waals surface area contributed by atoms with Crippen molar-refractivity contribution in [2.45, 2.75) is 32.4 Å². The van der Waals surface area contributed by atoms with Gasteiger partial charge in [0.1, 0.15) is 0 Å². The van der Waals surface area contributed by atoms with E-state index in [0.29, 0.717) is 0 Å². The lowest BCUT2D eigenvalue weighted by Gasteiger charge is -2.24. The van der Waals surface area contributed by atoms with Crippen molar-refractivity contribution in [3.8, 4) is 0 Å². The summed E-state index contributed by atoms with van der Waals surface area (Å²) in [6, 6.07) is 4.24. The van der Waals surface area contributed by atoms with E-state index in [1.807, 2.05) is 13.8 Å². The average Bonchev–Trinajstić information content (AvgIpc) is 2.16. The van der Waals surface area contributed by atoms with Crippen LogP contribution in [0.1, 0.15) is 30.5 Å². The highest BCUT2D eigenvalue weighted by Gasteiger charge is 2.20.